The van der Waals surface area contributed by atoms with Crippen molar-refractivity contribution in [2.75, 3.05) is 7.11 Å². The van der Waals surface area contributed by atoms with Crippen molar-refractivity contribution in [1.29, 1.82) is 0 Å². The molecule has 0 saturated heterocycles. The fourth-order valence-electron chi connectivity index (χ4n) is 3.02. The number of hydrogen-bond acceptors (Lipinski definition) is 1. The summed E-state index contributed by atoms with van der Waals surface area (Å²) in [5.41, 5.74) is -4.15. The van der Waals surface area contributed by atoms with Crippen LogP contribution in [0.3, 0.4) is 0 Å². The Morgan fingerprint density at radius 3 is 1.06 bits per heavy atom. The van der Waals surface area contributed by atoms with E-state index >= 15 is 0 Å². The predicted molar refractivity (Wildman–Crippen MR) is 90.1 cm³/mol. The first kappa shape index (κ1) is 22.5. The van der Waals surface area contributed by atoms with Crippen molar-refractivity contribution < 1.29 is 48.6 Å². The van der Waals surface area contributed by atoms with Gasteiger partial charge in [0.15, 0.2) is 58.2 Å². The normalized spacial score (nSPS) is 11.1. The number of rotatable bonds is 4. The van der Waals surface area contributed by atoms with Crippen LogP contribution in [-0.2, 0) is 0 Å². The van der Waals surface area contributed by atoms with Crippen LogP contribution in [0.25, 0.3) is 0 Å². The van der Waals surface area contributed by atoms with Crippen LogP contribution in [0.1, 0.15) is 0 Å². The van der Waals surface area contributed by atoms with Crippen LogP contribution in [0, 0.1) is 58.2 Å². The van der Waals surface area contributed by atoms with Crippen LogP contribution in [0.4, 0.5) is 43.9 Å². The van der Waals surface area contributed by atoms with Crippen molar-refractivity contribution >= 4 is 23.1 Å². The Kier molecular flexibility index (Phi) is 5.92. The van der Waals surface area contributed by atoms with Gasteiger partial charge in [-0.25, -0.2) is 43.9 Å². The zero-order valence-electron chi connectivity index (χ0n) is 15.1. The molecular weight excluding hydrogens is 445 g/mol. The maximum atomic E-state index is 14.5. The Bertz CT molecular complexity index is 1050. The predicted octanol–water partition coefficient (Wildman–Crippen LogP) is 3.60. The number of benzene rings is 3. The van der Waals surface area contributed by atoms with E-state index in [0.29, 0.717) is 0 Å². The van der Waals surface area contributed by atoms with Crippen LogP contribution in [0.15, 0.2) is 24.3 Å². The highest BCUT2D eigenvalue weighted by Gasteiger charge is 2.40. The Morgan fingerprint density at radius 2 is 0.774 bits per heavy atom. The smallest absolute Gasteiger partial charge is 0.257 e. The Labute approximate surface area is 168 Å². The van der Waals surface area contributed by atoms with E-state index in [-0.39, 0.29) is 5.75 Å². The molecule has 0 amide bonds. The maximum absolute atomic E-state index is 14.5. The molecule has 12 heteroatoms. The second-order valence-corrected chi connectivity index (χ2v) is 6.17. The van der Waals surface area contributed by atoms with E-state index in [4.69, 9.17) is 4.74 Å². The van der Waals surface area contributed by atoms with Gasteiger partial charge in [-0.2, -0.15) is 0 Å². The second kappa shape index (κ2) is 8.16. The summed E-state index contributed by atoms with van der Waals surface area (Å²) in [4.78, 5) is 0. The van der Waals surface area contributed by atoms with Crippen LogP contribution in [-0.4, -0.2) is 13.8 Å². The fourth-order valence-corrected chi connectivity index (χ4v) is 3.02. The van der Waals surface area contributed by atoms with Gasteiger partial charge in [-0.15, -0.1) is 0 Å². The van der Waals surface area contributed by atoms with E-state index in [1.807, 2.05) is 0 Å². The number of halogens is 10. The lowest BCUT2D eigenvalue weighted by atomic mass is 9.36. The van der Waals surface area contributed by atoms with Crippen LogP contribution >= 0.6 is 0 Å². The van der Waals surface area contributed by atoms with E-state index in [1.54, 1.807) is 0 Å². The van der Waals surface area contributed by atoms with Gasteiger partial charge in [0.1, 0.15) is 5.75 Å². The first-order valence-corrected chi connectivity index (χ1v) is 8.19. The molecule has 0 fully saturated rings. The summed E-state index contributed by atoms with van der Waals surface area (Å²) < 4.78 is 145. The molecule has 0 aromatic heterocycles. The van der Waals surface area contributed by atoms with Crippen molar-refractivity contribution in [3.05, 3.63) is 82.4 Å². The SMILES string of the molecule is COc1ccc(B(c2c(F)c(F)c(F)c(F)c2F)c2c(F)c(F)c(F)c(F)c2F)cc1. The highest BCUT2D eigenvalue weighted by Crippen LogP contribution is 2.21. The van der Waals surface area contributed by atoms with Crippen molar-refractivity contribution in [1.82, 2.24) is 0 Å². The molecule has 1 nitrogen and oxygen atoms in total. The highest BCUT2D eigenvalue weighted by atomic mass is 19.2. The van der Waals surface area contributed by atoms with Crippen molar-refractivity contribution in [2.24, 2.45) is 0 Å². The largest absolute Gasteiger partial charge is 0.497 e. The van der Waals surface area contributed by atoms with Crippen molar-refractivity contribution in [3.8, 4) is 5.75 Å². The Hall–Kier alpha value is -3.18. The standard InChI is InChI=1S/C19H7BF10O/c1-31-7-4-2-6(3-5-7)20(8-10(21)14(25)18(29)15(26)11(8)22)9-12(23)16(27)19(30)17(28)13(9)24/h2-5H,1H3. The lowest BCUT2D eigenvalue weighted by Crippen LogP contribution is -2.58. The molecule has 0 bridgehead atoms. The molecule has 0 aliphatic heterocycles. The average Bonchev–Trinajstić information content (AvgIpc) is 2.78. The lowest BCUT2D eigenvalue weighted by Gasteiger charge is -2.20. The number of methoxy groups -OCH3 is 1. The molecule has 0 unspecified atom stereocenters. The van der Waals surface area contributed by atoms with E-state index < -0.39 is 81.3 Å². The molecule has 0 aliphatic carbocycles. The monoisotopic (exact) mass is 452 g/mol. The molecule has 0 saturated carbocycles. The molecule has 0 heterocycles. The first-order chi connectivity index (χ1) is 14.5. The summed E-state index contributed by atoms with van der Waals surface area (Å²) in [7, 11) is 1.21. The molecule has 162 valence electrons. The summed E-state index contributed by atoms with van der Waals surface area (Å²) in [6.45, 7) is -2.60. The molecule has 3 aromatic carbocycles. The fraction of sp³-hybridized carbons (Fsp3) is 0.0526. The quantitative estimate of drug-likeness (QED) is 0.255. The third-order valence-electron chi connectivity index (χ3n) is 4.51. The van der Waals surface area contributed by atoms with Gasteiger partial charge in [0.05, 0.1) is 7.11 Å². The van der Waals surface area contributed by atoms with Gasteiger partial charge in [-0.05, 0) is 12.1 Å². The summed E-state index contributed by atoms with van der Waals surface area (Å²) in [6, 6.07) is 3.97. The van der Waals surface area contributed by atoms with Crippen molar-refractivity contribution in [3.63, 3.8) is 0 Å². The minimum absolute atomic E-state index is 0.109. The van der Waals surface area contributed by atoms with Gasteiger partial charge in [0.2, 0.25) is 0 Å². The third kappa shape index (κ3) is 3.49. The van der Waals surface area contributed by atoms with Crippen LogP contribution < -0.4 is 21.1 Å². The molecule has 0 radical (unpaired) electrons. The van der Waals surface area contributed by atoms with Gasteiger partial charge in [0, 0.05) is 10.9 Å². The molecule has 3 aromatic rings. The summed E-state index contributed by atoms with van der Waals surface area (Å²) >= 11 is 0. The van der Waals surface area contributed by atoms with E-state index in [2.05, 4.69) is 0 Å². The number of ether oxygens (including phenoxy) is 1. The molecule has 31 heavy (non-hydrogen) atoms. The van der Waals surface area contributed by atoms with Crippen LogP contribution in [0.5, 0.6) is 5.75 Å². The zero-order valence-corrected chi connectivity index (χ0v) is 15.1. The molecule has 0 aliphatic rings. The van der Waals surface area contributed by atoms with E-state index in [1.165, 1.54) is 7.11 Å². The van der Waals surface area contributed by atoms with E-state index in [9.17, 15) is 43.9 Å². The topological polar surface area (TPSA) is 9.23 Å². The van der Waals surface area contributed by atoms with E-state index in [0.717, 1.165) is 24.3 Å². The average molecular weight is 452 g/mol. The summed E-state index contributed by atoms with van der Waals surface area (Å²) in [6.07, 6.45) is 0. The van der Waals surface area contributed by atoms with Crippen molar-refractivity contribution in [2.45, 2.75) is 0 Å². The Balaban J connectivity index is 2.48. The minimum Gasteiger partial charge on any atom is -0.497 e. The summed E-state index contributed by atoms with van der Waals surface area (Å²) in [5, 5.41) is 0. The van der Waals surface area contributed by atoms with Gasteiger partial charge >= 0.3 is 0 Å². The Morgan fingerprint density at radius 1 is 0.484 bits per heavy atom. The highest BCUT2D eigenvalue weighted by molar-refractivity contribution is 6.95. The molecule has 0 spiro atoms. The first-order valence-electron chi connectivity index (χ1n) is 8.19. The van der Waals surface area contributed by atoms with Gasteiger partial charge < -0.3 is 4.74 Å². The van der Waals surface area contributed by atoms with Gasteiger partial charge in [0.25, 0.3) is 6.71 Å². The van der Waals surface area contributed by atoms with Gasteiger partial charge in [-0.3, -0.25) is 0 Å². The minimum atomic E-state index is -2.60. The molecule has 3 rings (SSSR count). The number of hydrogen-bond donors (Lipinski definition) is 0. The maximum Gasteiger partial charge on any atom is 0.257 e. The lowest BCUT2D eigenvalue weighted by molar-refractivity contribution is 0.382. The molecule has 0 N–H and O–H groups in total. The second-order valence-electron chi connectivity index (χ2n) is 6.17. The third-order valence-corrected chi connectivity index (χ3v) is 4.51. The molecule has 0 atom stereocenters. The van der Waals surface area contributed by atoms with Gasteiger partial charge in [-0.1, -0.05) is 17.6 Å². The zero-order chi connectivity index (χ0) is 23.2. The molecular formula is C19H7BF10O. The summed E-state index contributed by atoms with van der Waals surface area (Å²) in [5.74, 6) is -24.9. The van der Waals surface area contributed by atoms with Crippen LogP contribution in [0.2, 0.25) is 0 Å².